The molecule has 2 atom stereocenters. The van der Waals surface area contributed by atoms with Crippen molar-refractivity contribution in [3.05, 3.63) is 48.6 Å². The van der Waals surface area contributed by atoms with Crippen molar-refractivity contribution in [1.29, 1.82) is 5.41 Å². The van der Waals surface area contributed by atoms with E-state index in [2.05, 4.69) is 32.8 Å². The Balaban J connectivity index is 2.74. The van der Waals surface area contributed by atoms with Gasteiger partial charge in [0.15, 0.2) is 4.62 Å². The minimum absolute atomic E-state index is 0.0799. The summed E-state index contributed by atoms with van der Waals surface area (Å²) in [4.78, 5) is 18.2. The maximum Gasteiger partial charge on any atom is 0.279 e. The zero-order valence-electron chi connectivity index (χ0n) is 13.5. The van der Waals surface area contributed by atoms with E-state index in [1.54, 1.807) is 18.0 Å². The van der Waals surface area contributed by atoms with Gasteiger partial charge in [-0.3, -0.25) is 15.1 Å². The molecule has 5 nitrogen and oxygen atoms in total. The number of halogens is 1. The lowest BCUT2D eigenvalue weighted by Gasteiger charge is -2.22. The minimum Gasteiger partial charge on any atom is -0.334 e. The van der Waals surface area contributed by atoms with Gasteiger partial charge in [-0.1, -0.05) is 36.4 Å². The molecule has 0 aliphatic heterocycles. The first-order valence-corrected chi connectivity index (χ1v) is 8.18. The normalized spacial score (nSPS) is 14.0. The predicted octanol–water partition coefficient (Wildman–Crippen LogP) is 2.97. The van der Waals surface area contributed by atoms with Gasteiger partial charge in [0.25, 0.3) is 5.91 Å². The molecular weight excluding hydrogens is 356 g/mol. The summed E-state index contributed by atoms with van der Waals surface area (Å²) in [5.74, 6) is -0.214. The maximum absolute atomic E-state index is 12.3. The highest BCUT2D eigenvalue weighted by Crippen LogP contribution is 2.06. The number of nitrogens with one attached hydrogen (secondary N) is 2. The van der Waals surface area contributed by atoms with Crippen molar-refractivity contribution in [3.8, 4) is 0 Å². The number of likely N-dealkylation sites (N-methyl/N-ethyl adjacent to an activating group) is 1. The van der Waals surface area contributed by atoms with Crippen LogP contribution < -0.4 is 5.32 Å². The van der Waals surface area contributed by atoms with Crippen molar-refractivity contribution in [1.82, 2.24) is 10.2 Å². The molecule has 1 amide bonds. The molecule has 0 spiro atoms. The van der Waals surface area contributed by atoms with Gasteiger partial charge in [0.05, 0.1) is 0 Å². The quantitative estimate of drug-likeness (QED) is 0.512. The van der Waals surface area contributed by atoms with E-state index in [1.165, 1.54) is 6.21 Å². The van der Waals surface area contributed by atoms with Crippen molar-refractivity contribution < 1.29 is 4.79 Å². The second kappa shape index (κ2) is 10.1. The zero-order valence-corrected chi connectivity index (χ0v) is 15.1. The van der Waals surface area contributed by atoms with E-state index in [4.69, 9.17) is 5.41 Å². The molecule has 0 aromatic heterocycles. The van der Waals surface area contributed by atoms with Gasteiger partial charge in [0.1, 0.15) is 6.17 Å². The first kappa shape index (κ1) is 19.3. The van der Waals surface area contributed by atoms with Crippen LogP contribution >= 0.6 is 15.9 Å². The van der Waals surface area contributed by atoms with E-state index >= 15 is 0 Å². The van der Waals surface area contributed by atoms with Crippen molar-refractivity contribution in [3.63, 3.8) is 0 Å². The fourth-order valence-corrected chi connectivity index (χ4v) is 2.33. The molecule has 0 aliphatic carbocycles. The molecule has 1 aromatic carbocycles. The molecule has 0 radical (unpaired) electrons. The van der Waals surface area contributed by atoms with Gasteiger partial charge >= 0.3 is 0 Å². The van der Waals surface area contributed by atoms with Crippen molar-refractivity contribution in [2.45, 2.75) is 32.1 Å². The molecule has 23 heavy (non-hydrogen) atoms. The molecule has 0 heterocycles. The Labute approximate surface area is 146 Å². The van der Waals surface area contributed by atoms with Crippen LogP contribution in [0.3, 0.4) is 0 Å². The lowest BCUT2D eigenvalue weighted by atomic mass is 10.2. The highest BCUT2D eigenvalue weighted by molar-refractivity contribution is 9.19. The van der Waals surface area contributed by atoms with Crippen LogP contribution in [0.25, 0.3) is 0 Å². The number of rotatable bonds is 9. The second-order valence-corrected chi connectivity index (χ2v) is 5.89. The number of hydrogen-bond donors (Lipinski definition) is 2. The Hall–Kier alpha value is -1.79. The molecule has 0 bridgehead atoms. The standard InChI is InChI=1S/C17H23BrN4O/c1-4-13(2)22(3)17(23)16(18)21-15(10-11-19)20-12-14-8-6-5-7-9-14/h4-9,11,13,15,19-20H,1,10,12H2,2-3H3. The smallest absolute Gasteiger partial charge is 0.279 e. The highest BCUT2D eigenvalue weighted by Gasteiger charge is 2.18. The molecule has 0 aliphatic rings. The molecule has 0 saturated heterocycles. The van der Waals surface area contributed by atoms with Crippen molar-refractivity contribution >= 4 is 32.7 Å². The summed E-state index contributed by atoms with van der Waals surface area (Å²) in [5, 5.41) is 10.5. The van der Waals surface area contributed by atoms with E-state index in [9.17, 15) is 4.79 Å². The Kier molecular flexibility index (Phi) is 8.43. The molecule has 1 aromatic rings. The summed E-state index contributed by atoms with van der Waals surface area (Å²) in [5.41, 5.74) is 1.12. The average molecular weight is 379 g/mol. The van der Waals surface area contributed by atoms with Gasteiger partial charge < -0.3 is 10.3 Å². The lowest BCUT2D eigenvalue weighted by molar-refractivity contribution is -0.123. The van der Waals surface area contributed by atoms with Crippen LogP contribution in [0.2, 0.25) is 0 Å². The first-order valence-electron chi connectivity index (χ1n) is 7.38. The van der Waals surface area contributed by atoms with Crippen molar-refractivity contribution in [2.75, 3.05) is 7.05 Å². The summed E-state index contributed by atoms with van der Waals surface area (Å²) < 4.78 is 0.237. The molecule has 6 heteroatoms. The first-order chi connectivity index (χ1) is 11.0. The molecule has 2 unspecified atom stereocenters. The summed E-state index contributed by atoms with van der Waals surface area (Å²) >= 11 is 3.25. The predicted molar refractivity (Wildman–Crippen MR) is 99.3 cm³/mol. The van der Waals surface area contributed by atoms with E-state index in [0.717, 1.165) is 5.56 Å². The summed E-state index contributed by atoms with van der Waals surface area (Å²) in [6.07, 6.45) is 3.06. The maximum atomic E-state index is 12.3. The monoisotopic (exact) mass is 378 g/mol. The molecular formula is C17H23BrN4O. The third kappa shape index (κ3) is 6.46. The number of amides is 1. The van der Waals surface area contributed by atoms with E-state index in [0.29, 0.717) is 13.0 Å². The van der Waals surface area contributed by atoms with E-state index in [-0.39, 0.29) is 22.7 Å². The second-order valence-electron chi connectivity index (χ2n) is 5.13. The van der Waals surface area contributed by atoms with E-state index in [1.807, 2.05) is 37.3 Å². The SMILES string of the molecule is C=CC(C)N(C)C(=O)C(Br)=NC(CC=N)NCc1ccccc1. The molecule has 2 N–H and O–H groups in total. The van der Waals surface area contributed by atoms with Crippen LogP contribution in [-0.2, 0) is 11.3 Å². The Morgan fingerprint density at radius 3 is 2.70 bits per heavy atom. The summed E-state index contributed by atoms with van der Waals surface area (Å²) in [6, 6.07) is 9.84. The summed E-state index contributed by atoms with van der Waals surface area (Å²) in [6.45, 7) is 6.19. The van der Waals surface area contributed by atoms with Gasteiger partial charge in [-0.2, -0.15) is 0 Å². The van der Waals surface area contributed by atoms with Gasteiger partial charge in [0.2, 0.25) is 0 Å². The Bertz CT molecular complexity index is 559. The number of benzene rings is 1. The number of aliphatic imine (C=N–C) groups is 1. The molecule has 0 saturated carbocycles. The molecule has 124 valence electrons. The number of carbonyl (C=O) groups excluding carboxylic acids is 1. The van der Waals surface area contributed by atoms with Gasteiger partial charge in [0, 0.05) is 26.1 Å². The fraction of sp³-hybridized carbons (Fsp3) is 0.353. The Morgan fingerprint density at radius 1 is 1.48 bits per heavy atom. The van der Waals surface area contributed by atoms with Crippen LogP contribution in [-0.4, -0.2) is 40.9 Å². The minimum atomic E-state index is -0.335. The van der Waals surface area contributed by atoms with Gasteiger partial charge in [-0.15, -0.1) is 6.58 Å². The number of carbonyl (C=O) groups is 1. The third-order valence-electron chi connectivity index (χ3n) is 3.44. The van der Waals surface area contributed by atoms with Crippen LogP contribution in [0.5, 0.6) is 0 Å². The molecule has 1 rings (SSSR count). The lowest BCUT2D eigenvalue weighted by Crippen LogP contribution is -2.38. The summed E-state index contributed by atoms with van der Waals surface area (Å²) in [7, 11) is 1.70. The van der Waals surface area contributed by atoms with Crippen molar-refractivity contribution in [2.24, 2.45) is 4.99 Å². The zero-order chi connectivity index (χ0) is 17.2. The largest absolute Gasteiger partial charge is 0.334 e. The molecule has 0 fully saturated rings. The third-order valence-corrected chi connectivity index (χ3v) is 3.99. The van der Waals surface area contributed by atoms with Gasteiger partial charge in [-0.25, -0.2) is 0 Å². The fourth-order valence-electron chi connectivity index (χ4n) is 1.81. The van der Waals surface area contributed by atoms with Crippen LogP contribution in [0.15, 0.2) is 48.0 Å². The van der Waals surface area contributed by atoms with E-state index < -0.39 is 0 Å². The van der Waals surface area contributed by atoms with Crippen LogP contribution in [0.4, 0.5) is 0 Å². The van der Waals surface area contributed by atoms with Gasteiger partial charge in [-0.05, 0) is 34.6 Å². The van der Waals surface area contributed by atoms with Crippen LogP contribution in [0, 0.1) is 5.41 Å². The number of nitrogens with zero attached hydrogens (tertiary/aromatic N) is 2. The number of hydrogen-bond acceptors (Lipinski definition) is 4. The Morgan fingerprint density at radius 2 is 2.13 bits per heavy atom. The topological polar surface area (TPSA) is 68.5 Å². The highest BCUT2D eigenvalue weighted by atomic mass is 79.9. The average Bonchev–Trinajstić information content (AvgIpc) is 2.58. The van der Waals surface area contributed by atoms with Crippen LogP contribution in [0.1, 0.15) is 18.9 Å².